The van der Waals surface area contributed by atoms with Crippen molar-refractivity contribution in [2.45, 2.75) is 46.8 Å². The first-order valence-corrected chi connectivity index (χ1v) is 7.36. The summed E-state index contributed by atoms with van der Waals surface area (Å²) in [5.41, 5.74) is 2.24. The SMILES string of the molecule is CCNCc1cccc(C)c1OCc1nc(C(C)C)no1. The average molecular weight is 289 g/mol. The number of aryl methyl sites for hydroxylation is 1. The van der Waals surface area contributed by atoms with Crippen LogP contribution in [-0.4, -0.2) is 16.7 Å². The second-order valence-electron chi connectivity index (χ2n) is 5.33. The van der Waals surface area contributed by atoms with E-state index in [1.807, 2.05) is 32.9 Å². The summed E-state index contributed by atoms with van der Waals surface area (Å²) in [5.74, 6) is 2.37. The molecule has 0 amide bonds. The van der Waals surface area contributed by atoms with Gasteiger partial charge in [-0.05, 0) is 19.0 Å². The fourth-order valence-electron chi connectivity index (χ4n) is 2.01. The van der Waals surface area contributed by atoms with Gasteiger partial charge in [0.25, 0.3) is 5.89 Å². The molecule has 0 atom stereocenters. The van der Waals surface area contributed by atoms with Crippen LogP contribution >= 0.6 is 0 Å². The minimum Gasteiger partial charge on any atom is -0.483 e. The summed E-state index contributed by atoms with van der Waals surface area (Å²) < 4.78 is 11.1. The molecule has 0 bridgehead atoms. The Morgan fingerprint density at radius 1 is 1.33 bits per heavy atom. The highest BCUT2D eigenvalue weighted by Gasteiger charge is 2.12. The summed E-state index contributed by atoms with van der Waals surface area (Å²) in [4.78, 5) is 4.33. The summed E-state index contributed by atoms with van der Waals surface area (Å²) in [6, 6.07) is 6.15. The summed E-state index contributed by atoms with van der Waals surface area (Å²) in [7, 11) is 0. The average Bonchev–Trinajstić information content (AvgIpc) is 2.93. The maximum Gasteiger partial charge on any atom is 0.264 e. The van der Waals surface area contributed by atoms with Gasteiger partial charge in [0.2, 0.25) is 0 Å². The monoisotopic (exact) mass is 289 g/mol. The molecule has 1 N–H and O–H groups in total. The van der Waals surface area contributed by atoms with E-state index in [0.29, 0.717) is 18.3 Å². The predicted molar refractivity (Wildman–Crippen MR) is 81.3 cm³/mol. The molecule has 5 heteroatoms. The van der Waals surface area contributed by atoms with Crippen molar-refractivity contribution < 1.29 is 9.26 Å². The number of rotatable bonds is 7. The molecule has 0 saturated heterocycles. The fraction of sp³-hybridized carbons (Fsp3) is 0.500. The molecule has 0 aliphatic heterocycles. The second-order valence-corrected chi connectivity index (χ2v) is 5.33. The highest BCUT2D eigenvalue weighted by atomic mass is 16.5. The van der Waals surface area contributed by atoms with E-state index in [1.54, 1.807) is 0 Å². The van der Waals surface area contributed by atoms with E-state index >= 15 is 0 Å². The highest BCUT2D eigenvalue weighted by Crippen LogP contribution is 2.24. The zero-order chi connectivity index (χ0) is 15.2. The maximum atomic E-state index is 5.91. The number of nitrogens with one attached hydrogen (secondary N) is 1. The van der Waals surface area contributed by atoms with Crippen LogP contribution in [0.4, 0.5) is 0 Å². The number of para-hydroxylation sites is 1. The van der Waals surface area contributed by atoms with Gasteiger partial charge in [-0.25, -0.2) is 0 Å². The van der Waals surface area contributed by atoms with Crippen LogP contribution < -0.4 is 10.1 Å². The van der Waals surface area contributed by atoms with E-state index in [-0.39, 0.29) is 5.92 Å². The first-order valence-electron chi connectivity index (χ1n) is 7.36. The van der Waals surface area contributed by atoms with Gasteiger partial charge in [0.15, 0.2) is 12.4 Å². The summed E-state index contributed by atoms with van der Waals surface area (Å²) >= 11 is 0. The Labute approximate surface area is 125 Å². The number of aromatic nitrogens is 2. The van der Waals surface area contributed by atoms with Gasteiger partial charge in [0.1, 0.15) is 5.75 Å². The van der Waals surface area contributed by atoms with Gasteiger partial charge in [0.05, 0.1) is 0 Å². The third-order valence-corrected chi connectivity index (χ3v) is 3.20. The summed E-state index contributed by atoms with van der Waals surface area (Å²) in [6.45, 7) is 10.2. The van der Waals surface area contributed by atoms with Crippen molar-refractivity contribution in [3.05, 3.63) is 41.0 Å². The molecule has 114 valence electrons. The van der Waals surface area contributed by atoms with Gasteiger partial charge in [0, 0.05) is 18.0 Å². The maximum absolute atomic E-state index is 5.91. The lowest BCUT2D eigenvalue weighted by molar-refractivity contribution is 0.239. The van der Waals surface area contributed by atoms with E-state index in [0.717, 1.165) is 30.0 Å². The zero-order valence-electron chi connectivity index (χ0n) is 13.1. The van der Waals surface area contributed by atoms with E-state index in [9.17, 15) is 0 Å². The van der Waals surface area contributed by atoms with E-state index in [2.05, 4.69) is 28.4 Å². The number of hydrogen-bond acceptors (Lipinski definition) is 5. The molecule has 1 aromatic heterocycles. The van der Waals surface area contributed by atoms with Crippen LogP contribution in [0.3, 0.4) is 0 Å². The minimum atomic E-state index is 0.255. The van der Waals surface area contributed by atoms with Crippen molar-refractivity contribution >= 4 is 0 Å². The largest absolute Gasteiger partial charge is 0.483 e. The lowest BCUT2D eigenvalue weighted by Gasteiger charge is -2.13. The third kappa shape index (κ3) is 4.04. The topological polar surface area (TPSA) is 60.2 Å². The Kier molecular flexibility index (Phi) is 5.33. The Morgan fingerprint density at radius 3 is 2.81 bits per heavy atom. The Balaban J connectivity index is 2.07. The molecule has 0 fully saturated rings. The van der Waals surface area contributed by atoms with Crippen LogP contribution in [0.15, 0.2) is 22.7 Å². The van der Waals surface area contributed by atoms with Crippen LogP contribution in [-0.2, 0) is 13.2 Å². The zero-order valence-corrected chi connectivity index (χ0v) is 13.1. The first kappa shape index (κ1) is 15.5. The molecule has 0 saturated carbocycles. The van der Waals surface area contributed by atoms with Gasteiger partial charge >= 0.3 is 0 Å². The van der Waals surface area contributed by atoms with Crippen molar-refractivity contribution in [1.29, 1.82) is 0 Å². The van der Waals surface area contributed by atoms with Gasteiger partial charge in [-0.15, -0.1) is 0 Å². The van der Waals surface area contributed by atoms with E-state index in [4.69, 9.17) is 9.26 Å². The lowest BCUT2D eigenvalue weighted by Crippen LogP contribution is -2.13. The van der Waals surface area contributed by atoms with E-state index < -0.39 is 0 Å². The molecule has 5 nitrogen and oxygen atoms in total. The number of ether oxygens (including phenoxy) is 1. The molecule has 0 aliphatic carbocycles. The fourth-order valence-corrected chi connectivity index (χ4v) is 2.01. The van der Waals surface area contributed by atoms with E-state index in [1.165, 1.54) is 0 Å². The summed E-state index contributed by atoms with van der Waals surface area (Å²) in [6.07, 6.45) is 0. The normalized spacial score (nSPS) is 11.1. The Morgan fingerprint density at radius 2 is 2.14 bits per heavy atom. The van der Waals surface area contributed by atoms with Crippen molar-refractivity contribution in [1.82, 2.24) is 15.5 Å². The molecule has 2 rings (SSSR count). The molecule has 1 heterocycles. The highest BCUT2D eigenvalue weighted by molar-refractivity contribution is 5.40. The van der Waals surface area contributed by atoms with Crippen molar-refractivity contribution in [2.24, 2.45) is 0 Å². The first-order chi connectivity index (χ1) is 10.1. The Bertz CT molecular complexity index is 579. The van der Waals surface area contributed by atoms with Gasteiger partial charge in [-0.1, -0.05) is 44.1 Å². The van der Waals surface area contributed by atoms with Crippen molar-refractivity contribution in [3.8, 4) is 5.75 Å². The standard InChI is InChI=1S/C16H23N3O2/c1-5-17-9-13-8-6-7-12(4)15(13)20-10-14-18-16(11(2)3)19-21-14/h6-8,11,17H,5,9-10H2,1-4H3. The minimum absolute atomic E-state index is 0.255. The van der Waals surface area contributed by atoms with Gasteiger partial charge < -0.3 is 14.6 Å². The molecular weight excluding hydrogens is 266 g/mol. The van der Waals surface area contributed by atoms with Crippen LogP contribution in [0, 0.1) is 6.92 Å². The van der Waals surface area contributed by atoms with Crippen LogP contribution in [0.1, 0.15) is 49.5 Å². The molecular formula is C16H23N3O2. The number of benzene rings is 1. The molecule has 0 radical (unpaired) electrons. The predicted octanol–water partition coefficient (Wildman–Crippen LogP) is 3.19. The second kappa shape index (κ2) is 7.22. The van der Waals surface area contributed by atoms with Crippen molar-refractivity contribution in [3.63, 3.8) is 0 Å². The molecule has 21 heavy (non-hydrogen) atoms. The third-order valence-electron chi connectivity index (χ3n) is 3.20. The number of hydrogen-bond donors (Lipinski definition) is 1. The molecule has 0 spiro atoms. The van der Waals surface area contributed by atoms with Crippen LogP contribution in [0.2, 0.25) is 0 Å². The lowest BCUT2D eigenvalue weighted by atomic mass is 10.1. The van der Waals surface area contributed by atoms with Gasteiger partial charge in [-0.2, -0.15) is 4.98 Å². The smallest absolute Gasteiger partial charge is 0.264 e. The number of nitrogens with zero attached hydrogens (tertiary/aromatic N) is 2. The van der Waals surface area contributed by atoms with Crippen LogP contribution in [0.5, 0.6) is 5.75 Å². The quantitative estimate of drug-likeness (QED) is 0.848. The summed E-state index contributed by atoms with van der Waals surface area (Å²) in [5, 5.41) is 7.26. The molecule has 0 aliphatic rings. The molecule has 1 aromatic carbocycles. The Hall–Kier alpha value is -1.88. The van der Waals surface area contributed by atoms with Crippen molar-refractivity contribution in [2.75, 3.05) is 6.54 Å². The molecule has 2 aromatic rings. The van der Waals surface area contributed by atoms with Gasteiger partial charge in [-0.3, -0.25) is 0 Å². The van der Waals surface area contributed by atoms with Crippen LogP contribution in [0.25, 0.3) is 0 Å². The molecule has 0 unspecified atom stereocenters.